The van der Waals surface area contributed by atoms with Crippen molar-refractivity contribution in [1.29, 1.82) is 0 Å². The lowest BCUT2D eigenvalue weighted by Crippen LogP contribution is -2.66. The SMILES string of the molecule is CC(C)C(=O)N1CCCC(N2CCNCC2)C1(C)C. The summed E-state index contributed by atoms with van der Waals surface area (Å²) in [6, 6.07) is 0.506. The summed E-state index contributed by atoms with van der Waals surface area (Å²) in [5.74, 6) is 0.408. The normalized spacial score (nSPS) is 28.7. The Morgan fingerprint density at radius 3 is 2.42 bits per heavy atom. The molecule has 0 aromatic carbocycles. The maximum Gasteiger partial charge on any atom is 0.225 e. The molecule has 4 nitrogen and oxygen atoms in total. The van der Waals surface area contributed by atoms with E-state index in [9.17, 15) is 4.79 Å². The van der Waals surface area contributed by atoms with E-state index in [4.69, 9.17) is 0 Å². The Hall–Kier alpha value is -0.610. The molecule has 0 aromatic heterocycles. The first kappa shape index (κ1) is 14.8. The number of amides is 1. The van der Waals surface area contributed by atoms with Crippen molar-refractivity contribution in [3.63, 3.8) is 0 Å². The van der Waals surface area contributed by atoms with Gasteiger partial charge in [0.1, 0.15) is 0 Å². The minimum absolute atomic E-state index is 0.0447. The third-order valence-corrected chi connectivity index (χ3v) is 4.72. The second-order valence-corrected chi connectivity index (χ2v) is 6.74. The van der Waals surface area contributed by atoms with E-state index in [2.05, 4.69) is 29.0 Å². The van der Waals surface area contributed by atoms with Gasteiger partial charge in [-0.1, -0.05) is 13.8 Å². The largest absolute Gasteiger partial charge is 0.336 e. The highest BCUT2D eigenvalue weighted by molar-refractivity contribution is 5.79. The summed E-state index contributed by atoms with van der Waals surface area (Å²) in [6.07, 6.45) is 2.35. The van der Waals surface area contributed by atoms with Gasteiger partial charge < -0.3 is 10.2 Å². The number of rotatable bonds is 2. The summed E-state index contributed by atoms with van der Waals surface area (Å²) < 4.78 is 0. The Bertz CT molecular complexity index is 321. The Balaban J connectivity index is 2.13. The van der Waals surface area contributed by atoms with Gasteiger partial charge in [-0.2, -0.15) is 0 Å². The lowest BCUT2D eigenvalue weighted by molar-refractivity contribution is -0.146. The molecular weight excluding hydrogens is 238 g/mol. The van der Waals surface area contributed by atoms with Crippen LogP contribution in [0.2, 0.25) is 0 Å². The Morgan fingerprint density at radius 2 is 1.84 bits per heavy atom. The van der Waals surface area contributed by atoms with Crippen molar-refractivity contribution in [2.75, 3.05) is 32.7 Å². The van der Waals surface area contributed by atoms with Gasteiger partial charge in [-0.3, -0.25) is 9.69 Å². The van der Waals surface area contributed by atoms with Gasteiger partial charge in [0.25, 0.3) is 0 Å². The van der Waals surface area contributed by atoms with Crippen molar-refractivity contribution in [2.24, 2.45) is 5.92 Å². The minimum Gasteiger partial charge on any atom is -0.336 e. The van der Waals surface area contributed by atoms with Crippen LogP contribution in [0, 0.1) is 5.92 Å². The molecule has 2 heterocycles. The number of nitrogens with one attached hydrogen (secondary N) is 1. The Labute approximate surface area is 117 Å². The average molecular weight is 267 g/mol. The molecule has 19 heavy (non-hydrogen) atoms. The fourth-order valence-electron chi connectivity index (χ4n) is 3.59. The zero-order chi connectivity index (χ0) is 14.0. The number of hydrogen-bond acceptors (Lipinski definition) is 3. The van der Waals surface area contributed by atoms with E-state index in [1.165, 1.54) is 6.42 Å². The van der Waals surface area contributed by atoms with E-state index in [-0.39, 0.29) is 11.5 Å². The van der Waals surface area contributed by atoms with Gasteiger partial charge in [0, 0.05) is 44.7 Å². The highest BCUT2D eigenvalue weighted by Crippen LogP contribution is 2.32. The summed E-state index contributed by atoms with van der Waals surface area (Å²) in [4.78, 5) is 17.1. The molecule has 1 amide bonds. The number of likely N-dealkylation sites (tertiary alicyclic amines) is 1. The van der Waals surface area contributed by atoms with Gasteiger partial charge in [-0.25, -0.2) is 0 Å². The van der Waals surface area contributed by atoms with E-state index < -0.39 is 0 Å². The van der Waals surface area contributed by atoms with E-state index in [1.807, 2.05) is 13.8 Å². The third kappa shape index (κ3) is 2.95. The Kier molecular flexibility index (Phi) is 4.51. The fourth-order valence-corrected chi connectivity index (χ4v) is 3.59. The molecule has 2 rings (SSSR count). The first-order valence-electron chi connectivity index (χ1n) is 7.71. The molecule has 1 N–H and O–H groups in total. The van der Waals surface area contributed by atoms with Crippen LogP contribution in [-0.4, -0.2) is 60.0 Å². The summed E-state index contributed by atoms with van der Waals surface area (Å²) in [5, 5.41) is 3.41. The van der Waals surface area contributed by atoms with E-state index >= 15 is 0 Å². The summed E-state index contributed by atoms with van der Waals surface area (Å²) in [6.45, 7) is 13.8. The van der Waals surface area contributed by atoms with Gasteiger partial charge in [-0.15, -0.1) is 0 Å². The molecule has 2 saturated heterocycles. The third-order valence-electron chi connectivity index (χ3n) is 4.72. The van der Waals surface area contributed by atoms with E-state index in [1.54, 1.807) is 0 Å². The van der Waals surface area contributed by atoms with Crippen molar-refractivity contribution in [2.45, 2.75) is 52.1 Å². The molecule has 2 aliphatic rings. The second-order valence-electron chi connectivity index (χ2n) is 6.74. The van der Waals surface area contributed by atoms with Crippen molar-refractivity contribution < 1.29 is 4.79 Å². The maximum atomic E-state index is 12.4. The summed E-state index contributed by atoms with van der Waals surface area (Å²) in [7, 11) is 0. The lowest BCUT2D eigenvalue weighted by Gasteiger charge is -2.53. The predicted molar refractivity (Wildman–Crippen MR) is 78.1 cm³/mol. The minimum atomic E-state index is -0.0447. The number of nitrogens with zero attached hydrogens (tertiary/aromatic N) is 2. The van der Waals surface area contributed by atoms with Gasteiger partial charge in [-0.05, 0) is 26.7 Å². The fraction of sp³-hybridized carbons (Fsp3) is 0.933. The first-order chi connectivity index (χ1) is 8.94. The van der Waals surface area contributed by atoms with Crippen LogP contribution in [0.15, 0.2) is 0 Å². The predicted octanol–water partition coefficient (Wildman–Crippen LogP) is 1.32. The molecule has 0 bridgehead atoms. The molecule has 110 valence electrons. The number of hydrogen-bond donors (Lipinski definition) is 1. The second kappa shape index (κ2) is 5.80. The van der Waals surface area contributed by atoms with Crippen LogP contribution in [0.3, 0.4) is 0 Å². The number of piperidine rings is 1. The standard InChI is InChI=1S/C15H29N3O/c1-12(2)14(19)18-9-5-6-13(15(18,3)4)17-10-7-16-8-11-17/h12-13,16H,5-11H2,1-4H3. The lowest BCUT2D eigenvalue weighted by atomic mass is 9.82. The zero-order valence-corrected chi connectivity index (χ0v) is 12.9. The number of carbonyl (C=O) groups excluding carboxylic acids is 1. The van der Waals surface area contributed by atoms with E-state index in [0.29, 0.717) is 11.9 Å². The van der Waals surface area contributed by atoms with Crippen molar-refractivity contribution in [3.8, 4) is 0 Å². The van der Waals surface area contributed by atoms with Crippen LogP contribution >= 0.6 is 0 Å². The molecule has 0 spiro atoms. The van der Waals surface area contributed by atoms with E-state index in [0.717, 1.165) is 39.1 Å². The topological polar surface area (TPSA) is 35.6 Å². The van der Waals surface area contributed by atoms with Crippen LogP contribution in [0.25, 0.3) is 0 Å². The monoisotopic (exact) mass is 267 g/mol. The van der Waals surface area contributed by atoms with Gasteiger partial charge in [0.05, 0.1) is 5.54 Å². The van der Waals surface area contributed by atoms with Gasteiger partial charge in [0.15, 0.2) is 0 Å². The van der Waals surface area contributed by atoms with Gasteiger partial charge in [0.2, 0.25) is 5.91 Å². The van der Waals surface area contributed by atoms with Crippen LogP contribution in [-0.2, 0) is 4.79 Å². The highest BCUT2D eigenvalue weighted by atomic mass is 16.2. The number of piperazine rings is 1. The first-order valence-corrected chi connectivity index (χ1v) is 7.71. The average Bonchev–Trinajstić information content (AvgIpc) is 2.38. The summed E-state index contributed by atoms with van der Waals surface area (Å²) in [5.41, 5.74) is -0.0447. The molecule has 1 unspecified atom stereocenters. The molecule has 0 saturated carbocycles. The van der Waals surface area contributed by atoms with Crippen LogP contribution in [0.1, 0.15) is 40.5 Å². The van der Waals surface area contributed by atoms with Crippen molar-refractivity contribution in [1.82, 2.24) is 15.1 Å². The molecule has 0 radical (unpaired) electrons. The molecule has 4 heteroatoms. The molecular formula is C15H29N3O. The molecule has 0 aliphatic carbocycles. The van der Waals surface area contributed by atoms with Gasteiger partial charge >= 0.3 is 0 Å². The van der Waals surface area contributed by atoms with Crippen molar-refractivity contribution >= 4 is 5.91 Å². The van der Waals surface area contributed by atoms with Crippen LogP contribution < -0.4 is 5.32 Å². The summed E-state index contributed by atoms with van der Waals surface area (Å²) >= 11 is 0. The number of carbonyl (C=O) groups is 1. The molecule has 2 fully saturated rings. The smallest absolute Gasteiger partial charge is 0.225 e. The zero-order valence-electron chi connectivity index (χ0n) is 12.9. The van der Waals surface area contributed by atoms with Crippen LogP contribution in [0.4, 0.5) is 0 Å². The highest BCUT2D eigenvalue weighted by Gasteiger charge is 2.44. The van der Waals surface area contributed by atoms with Crippen LogP contribution in [0.5, 0.6) is 0 Å². The molecule has 1 atom stereocenters. The quantitative estimate of drug-likeness (QED) is 0.819. The molecule has 2 aliphatic heterocycles. The maximum absolute atomic E-state index is 12.4. The Morgan fingerprint density at radius 1 is 1.21 bits per heavy atom. The van der Waals surface area contributed by atoms with Crippen molar-refractivity contribution in [3.05, 3.63) is 0 Å². The molecule has 0 aromatic rings.